The van der Waals surface area contributed by atoms with Crippen LogP contribution in [0.5, 0.6) is 0 Å². The molecular formula is C17H15F18NO4S. The number of hydrogen-bond donors (Lipinski definition) is 0. The van der Waals surface area contributed by atoms with E-state index in [0.29, 0.717) is 6.42 Å². The average molecular weight is 671 g/mol. The number of esters is 1. The van der Waals surface area contributed by atoms with E-state index in [2.05, 4.69) is 11.3 Å². The van der Waals surface area contributed by atoms with Crippen molar-refractivity contribution in [3.05, 3.63) is 12.2 Å². The van der Waals surface area contributed by atoms with Crippen molar-refractivity contribution in [1.29, 1.82) is 0 Å². The minimum atomic E-state index is -9.03. The van der Waals surface area contributed by atoms with E-state index in [4.69, 9.17) is 0 Å². The lowest BCUT2D eigenvalue weighted by molar-refractivity contribution is -0.458. The summed E-state index contributed by atoms with van der Waals surface area (Å²) < 4.78 is 263. The molecule has 0 heterocycles. The van der Waals surface area contributed by atoms with Gasteiger partial charge in [0.2, 0.25) is 0 Å². The predicted molar refractivity (Wildman–Crippen MR) is 97.0 cm³/mol. The maximum atomic E-state index is 13.9. The molecule has 0 unspecified atom stereocenters. The first-order chi connectivity index (χ1) is 17.8. The number of ether oxygens (including phenoxy) is 1. The highest BCUT2D eigenvalue weighted by Gasteiger charge is 2.96. The van der Waals surface area contributed by atoms with Crippen molar-refractivity contribution in [2.75, 3.05) is 13.2 Å². The van der Waals surface area contributed by atoms with Gasteiger partial charge in [0.15, 0.2) is 0 Å². The van der Waals surface area contributed by atoms with Gasteiger partial charge < -0.3 is 4.74 Å². The summed E-state index contributed by atoms with van der Waals surface area (Å²) in [5, 5.41) is -8.05. The number of halogens is 18. The van der Waals surface area contributed by atoms with E-state index >= 15 is 0 Å². The molecule has 0 aromatic rings. The van der Waals surface area contributed by atoms with E-state index in [1.54, 1.807) is 6.92 Å². The van der Waals surface area contributed by atoms with Crippen LogP contribution in [0.2, 0.25) is 0 Å². The number of alkyl halides is 17. The minimum absolute atomic E-state index is 0.0981. The molecule has 0 N–H and O–H groups in total. The Morgan fingerprint density at radius 1 is 0.707 bits per heavy atom. The first kappa shape index (κ1) is 38.9. The molecule has 0 aliphatic rings. The Balaban J connectivity index is 6.41. The molecule has 0 bridgehead atoms. The summed E-state index contributed by atoms with van der Waals surface area (Å²) in [4.78, 5) is 11.5. The Morgan fingerprint density at radius 3 is 1.44 bits per heavy atom. The number of unbranched alkanes of at least 4 members (excludes halogenated alkanes) is 1. The van der Waals surface area contributed by atoms with Crippen LogP contribution in [0.3, 0.4) is 0 Å². The largest absolute Gasteiger partial charge is 0.461 e. The molecule has 0 amide bonds. The van der Waals surface area contributed by atoms with E-state index in [1.807, 2.05) is 0 Å². The van der Waals surface area contributed by atoms with Gasteiger partial charge in [0.1, 0.15) is 6.61 Å². The maximum Gasteiger partial charge on any atom is 0.460 e. The predicted octanol–water partition coefficient (Wildman–Crippen LogP) is 6.76. The lowest BCUT2D eigenvalue weighted by Gasteiger charge is -2.42. The summed E-state index contributed by atoms with van der Waals surface area (Å²) in [7, 11) is -8.11. The third-order valence-electron chi connectivity index (χ3n) is 4.90. The summed E-state index contributed by atoms with van der Waals surface area (Å²) in [5.41, 5.74) is -0.396. The van der Waals surface area contributed by atoms with Gasteiger partial charge >= 0.3 is 63.0 Å². The SMILES string of the molecule is C=C(CCCC)C(=O)OCCN(F)S(=O)(=O)C(F)(F)C(F)(F)C(F)(F)C(F)(F)C(F)(F)C(F)(F)C(F)(F)C(F)(F)F. The molecule has 0 spiro atoms. The molecule has 0 atom stereocenters. The first-order valence-corrected chi connectivity index (χ1v) is 11.5. The molecular weight excluding hydrogens is 656 g/mol. The van der Waals surface area contributed by atoms with Crippen molar-refractivity contribution in [2.45, 2.75) is 73.2 Å². The van der Waals surface area contributed by atoms with E-state index in [1.165, 1.54) is 0 Å². The van der Waals surface area contributed by atoms with Crippen LogP contribution >= 0.6 is 0 Å². The topological polar surface area (TPSA) is 63.7 Å². The lowest BCUT2D eigenvalue weighted by atomic mass is 9.91. The third-order valence-corrected chi connectivity index (χ3v) is 6.51. The minimum Gasteiger partial charge on any atom is -0.461 e. The van der Waals surface area contributed by atoms with Gasteiger partial charge in [0, 0.05) is 5.57 Å². The monoisotopic (exact) mass is 671 g/mol. The second-order valence-electron chi connectivity index (χ2n) is 7.82. The first-order valence-electron chi connectivity index (χ1n) is 10.0. The van der Waals surface area contributed by atoms with Crippen LogP contribution in [-0.4, -0.2) is 79.0 Å². The smallest absolute Gasteiger partial charge is 0.460 e. The number of nitrogens with zero attached hydrogens (tertiary/aromatic N) is 1. The second-order valence-corrected chi connectivity index (χ2v) is 9.68. The Labute approximate surface area is 217 Å². The van der Waals surface area contributed by atoms with E-state index < -0.39 is 86.2 Å². The molecule has 0 aromatic carbocycles. The molecule has 24 heteroatoms. The Hall–Kier alpha value is -2.14. The van der Waals surface area contributed by atoms with E-state index in [0.717, 1.165) is 0 Å². The molecule has 0 fully saturated rings. The molecule has 0 aliphatic heterocycles. The van der Waals surface area contributed by atoms with Crippen molar-refractivity contribution in [2.24, 2.45) is 0 Å². The number of hydrogen-bond acceptors (Lipinski definition) is 4. The van der Waals surface area contributed by atoms with Crippen molar-refractivity contribution in [3.8, 4) is 0 Å². The molecule has 244 valence electrons. The van der Waals surface area contributed by atoms with Gasteiger partial charge in [-0.3, -0.25) is 0 Å². The van der Waals surface area contributed by atoms with Gasteiger partial charge in [-0.25, -0.2) is 13.2 Å². The van der Waals surface area contributed by atoms with Crippen LogP contribution < -0.4 is 0 Å². The maximum absolute atomic E-state index is 13.9. The highest BCUT2D eigenvalue weighted by molar-refractivity contribution is 7.90. The zero-order valence-electron chi connectivity index (χ0n) is 19.5. The van der Waals surface area contributed by atoms with Crippen LogP contribution in [0, 0.1) is 0 Å². The van der Waals surface area contributed by atoms with Gasteiger partial charge in [0.25, 0.3) is 0 Å². The zero-order chi connectivity index (χ0) is 33.5. The van der Waals surface area contributed by atoms with Gasteiger partial charge in [-0.1, -0.05) is 19.9 Å². The standard InChI is InChI=1S/C17H15F18NO4S/c1-3-4-5-8(2)9(37)40-7-6-36(35)41(38,39)17(33,34)15(28,29)13(24,25)11(20,21)10(18,19)12(22,23)14(26,27)16(30,31)32/h2-7H2,1H3. The molecule has 0 radical (unpaired) electrons. The van der Waals surface area contributed by atoms with Gasteiger partial charge in [-0.05, 0) is 17.4 Å². The van der Waals surface area contributed by atoms with Gasteiger partial charge in [-0.15, -0.1) is 4.48 Å². The van der Waals surface area contributed by atoms with Crippen molar-refractivity contribution >= 4 is 16.0 Å². The van der Waals surface area contributed by atoms with Crippen LogP contribution in [0.15, 0.2) is 12.2 Å². The molecule has 0 saturated carbocycles. The van der Waals surface area contributed by atoms with Crippen LogP contribution in [-0.2, 0) is 19.6 Å². The van der Waals surface area contributed by atoms with Crippen molar-refractivity contribution in [1.82, 2.24) is 4.53 Å². The highest BCUT2D eigenvalue weighted by Crippen LogP contribution is 2.64. The summed E-state index contributed by atoms with van der Waals surface area (Å²) in [6.07, 6.45) is -7.30. The fourth-order valence-electron chi connectivity index (χ4n) is 2.36. The molecule has 0 aromatic heterocycles. The molecule has 5 nitrogen and oxygen atoms in total. The van der Waals surface area contributed by atoms with Crippen LogP contribution in [0.4, 0.5) is 79.1 Å². The fraction of sp³-hybridized carbons (Fsp3) is 0.824. The normalized spacial score (nSPS) is 15.3. The van der Waals surface area contributed by atoms with E-state index in [9.17, 15) is 92.3 Å². The average Bonchev–Trinajstić information content (AvgIpc) is 2.80. The van der Waals surface area contributed by atoms with Gasteiger partial charge in [0.05, 0.1) is 6.54 Å². The summed E-state index contributed by atoms with van der Waals surface area (Å²) in [6, 6.07) is 0. The molecule has 0 rings (SSSR count). The lowest BCUT2D eigenvalue weighted by Crippen LogP contribution is -2.75. The summed E-state index contributed by atoms with van der Waals surface area (Å²) >= 11 is 0. The second kappa shape index (κ2) is 11.5. The van der Waals surface area contributed by atoms with Crippen LogP contribution in [0.25, 0.3) is 0 Å². The summed E-state index contributed by atoms with van der Waals surface area (Å²) in [6.45, 7) is 0.729. The van der Waals surface area contributed by atoms with Crippen molar-refractivity contribution < 1.29 is 97.1 Å². The zero-order valence-corrected chi connectivity index (χ0v) is 20.4. The quantitative estimate of drug-likeness (QED) is 0.0836. The van der Waals surface area contributed by atoms with Crippen LogP contribution in [0.1, 0.15) is 26.2 Å². The Kier molecular flexibility index (Phi) is 10.9. The molecule has 41 heavy (non-hydrogen) atoms. The Bertz CT molecular complexity index is 1070. The number of carbonyl (C=O) groups is 1. The Morgan fingerprint density at radius 2 is 1.07 bits per heavy atom. The molecule has 0 aliphatic carbocycles. The van der Waals surface area contributed by atoms with Crippen molar-refractivity contribution in [3.63, 3.8) is 0 Å². The fourth-order valence-corrected chi connectivity index (χ4v) is 3.38. The summed E-state index contributed by atoms with van der Waals surface area (Å²) in [5.74, 6) is -54.2. The van der Waals surface area contributed by atoms with Gasteiger partial charge in [-0.2, -0.15) is 74.6 Å². The highest BCUT2D eigenvalue weighted by atomic mass is 32.2. The number of sulfonamides is 1. The number of carbonyl (C=O) groups excluding carboxylic acids is 1. The third kappa shape index (κ3) is 6.03. The molecule has 0 saturated heterocycles. The number of rotatable bonds is 15. The van der Waals surface area contributed by atoms with E-state index in [-0.39, 0.29) is 12.8 Å².